The number of esters is 1. The predicted octanol–water partition coefficient (Wildman–Crippen LogP) is 12.1. The highest BCUT2D eigenvalue weighted by atomic mass is 16.5. The second-order valence-corrected chi connectivity index (χ2v) is 12.4. The van der Waals surface area contributed by atoms with Crippen molar-refractivity contribution in [3.05, 3.63) is 12.2 Å². The number of carboxylic acid groups (broad SMARTS) is 1. The van der Waals surface area contributed by atoms with Crippen LogP contribution in [0.3, 0.4) is 0 Å². The van der Waals surface area contributed by atoms with Gasteiger partial charge in [-0.25, -0.2) is 0 Å². The van der Waals surface area contributed by atoms with Gasteiger partial charge in [-0.05, 0) is 38.5 Å². The van der Waals surface area contributed by atoms with E-state index < -0.39 is 11.9 Å². The summed E-state index contributed by atoms with van der Waals surface area (Å²) in [4.78, 5) is 23.1. The van der Waals surface area contributed by atoms with Crippen LogP contribution in [0.5, 0.6) is 0 Å². The molecule has 0 amide bonds. The Labute approximate surface area is 255 Å². The summed E-state index contributed by atoms with van der Waals surface area (Å²) in [6.07, 6.45) is 41.0. The Bertz CT molecular complexity index is 585. The van der Waals surface area contributed by atoms with Crippen LogP contribution in [0.15, 0.2) is 12.2 Å². The number of unbranched alkanes of at least 4 members (excludes halogenated alkanes) is 24. The minimum absolute atomic E-state index is 0.00117. The lowest BCUT2D eigenvalue weighted by Gasteiger charge is -2.11. The lowest BCUT2D eigenvalue weighted by atomic mass is 9.97. The molecule has 0 heterocycles. The van der Waals surface area contributed by atoms with Gasteiger partial charge in [-0.1, -0.05) is 167 Å². The molecule has 1 atom stereocenters. The van der Waals surface area contributed by atoms with Gasteiger partial charge >= 0.3 is 11.9 Å². The van der Waals surface area contributed by atoms with Crippen LogP contribution in [0.2, 0.25) is 0 Å². The molecule has 1 unspecified atom stereocenters. The van der Waals surface area contributed by atoms with Crippen LogP contribution >= 0.6 is 0 Å². The number of aliphatic carboxylic acids is 1. The minimum atomic E-state index is -0.879. The third-order valence-corrected chi connectivity index (χ3v) is 8.29. The Kier molecular flexibility index (Phi) is 32.1. The molecule has 0 radical (unpaired) electrons. The van der Waals surface area contributed by atoms with Crippen LogP contribution in [-0.4, -0.2) is 23.7 Å². The number of hydrogen-bond donors (Lipinski definition) is 1. The summed E-state index contributed by atoms with van der Waals surface area (Å²) in [5, 5.41) is 9.33. The maximum Gasteiger partial charge on any atom is 0.307 e. The van der Waals surface area contributed by atoms with Crippen LogP contribution in [0.4, 0.5) is 0 Å². The standard InChI is InChI=1S/C37H70O4/c1-3-5-6-7-8-9-10-11-12-13-14-15-16-17-18-19-20-21-22-23-24-25-26-27-28-29-30-31-32-35(37(39)40)34-36(38)41-33-4-2/h23-24,35H,3-22,25-34H2,1-2H3,(H,39,40)/b24-23+. The molecule has 0 spiro atoms. The number of hydrogen-bond acceptors (Lipinski definition) is 3. The maximum absolute atomic E-state index is 11.7. The molecule has 0 rings (SSSR count). The molecule has 0 aromatic rings. The van der Waals surface area contributed by atoms with E-state index in [1.54, 1.807) is 0 Å². The molecule has 0 aliphatic rings. The SMILES string of the molecule is CCCCCCCCCCCCCCCCCCCC/C=C/CCCCCCCCC(CC(=O)OCCC)C(=O)O. The molecule has 0 saturated heterocycles. The molecule has 242 valence electrons. The molecule has 4 nitrogen and oxygen atoms in total. The van der Waals surface area contributed by atoms with Crippen molar-refractivity contribution < 1.29 is 19.4 Å². The molecular formula is C37H70O4. The van der Waals surface area contributed by atoms with Gasteiger partial charge in [0.05, 0.1) is 18.9 Å². The van der Waals surface area contributed by atoms with Crippen molar-refractivity contribution in [1.29, 1.82) is 0 Å². The smallest absolute Gasteiger partial charge is 0.307 e. The lowest BCUT2D eigenvalue weighted by molar-refractivity contribution is -0.151. The number of carboxylic acids is 1. The Balaban J connectivity index is 3.32. The van der Waals surface area contributed by atoms with Crippen molar-refractivity contribution in [2.75, 3.05) is 6.61 Å². The lowest BCUT2D eigenvalue weighted by Crippen LogP contribution is -2.19. The zero-order chi connectivity index (χ0) is 30.1. The van der Waals surface area contributed by atoms with E-state index in [1.165, 1.54) is 148 Å². The molecular weight excluding hydrogens is 508 g/mol. The molecule has 0 aromatic heterocycles. The molecule has 0 aromatic carbocycles. The van der Waals surface area contributed by atoms with Crippen LogP contribution in [0.1, 0.15) is 200 Å². The maximum atomic E-state index is 11.7. The van der Waals surface area contributed by atoms with Crippen LogP contribution < -0.4 is 0 Å². The number of allylic oxidation sites excluding steroid dienone is 2. The first-order chi connectivity index (χ1) is 20.1. The Hall–Kier alpha value is -1.32. The van der Waals surface area contributed by atoms with Gasteiger partial charge in [0.25, 0.3) is 0 Å². The first-order valence-electron chi connectivity index (χ1n) is 18.1. The van der Waals surface area contributed by atoms with E-state index in [9.17, 15) is 14.7 Å². The highest BCUT2D eigenvalue weighted by Crippen LogP contribution is 2.18. The molecule has 0 aliphatic heterocycles. The van der Waals surface area contributed by atoms with E-state index in [0.717, 1.165) is 25.7 Å². The molecule has 0 saturated carbocycles. The number of ether oxygens (including phenoxy) is 1. The summed E-state index contributed by atoms with van der Waals surface area (Å²) in [6.45, 7) is 4.60. The molecule has 0 bridgehead atoms. The fourth-order valence-corrected chi connectivity index (χ4v) is 5.55. The summed E-state index contributed by atoms with van der Waals surface area (Å²) >= 11 is 0. The summed E-state index contributed by atoms with van der Waals surface area (Å²) in [7, 11) is 0. The van der Waals surface area contributed by atoms with E-state index in [0.29, 0.717) is 13.0 Å². The Morgan fingerprint density at radius 3 is 1.27 bits per heavy atom. The largest absolute Gasteiger partial charge is 0.481 e. The zero-order valence-corrected chi connectivity index (χ0v) is 27.6. The number of rotatable bonds is 33. The van der Waals surface area contributed by atoms with Gasteiger partial charge in [0.15, 0.2) is 0 Å². The van der Waals surface area contributed by atoms with Crippen LogP contribution in [0.25, 0.3) is 0 Å². The summed E-state index contributed by atoms with van der Waals surface area (Å²) in [6, 6.07) is 0. The van der Waals surface area contributed by atoms with Crippen LogP contribution in [-0.2, 0) is 14.3 Å². The zero-order valence-electron chi connectivity index (χ0n) is 27.6. The van der Waals surface area contributed by atoms with E-state index in [1.807, 2.05) is 6.92 Å². The quantitative estimate of drug-likeness (QED) is 0.0478. The van der Waals surface area contributed by atoms with Gasteiger partial charge in [0.2, 0.25) is 0 Å². The van der Waals surface area contributed by atoms with Crippen molar-refractivity contribution in [2.45, 2.75) is 200 Å². The monoisotopic (exact) mass is 579 g/mol. The normalized spacial score (nSPS) is 12.2. The van der Waals surface area contributed by atoms with E-state index >= 15 is 0 Å². The van der Waals surface area contributed by atoms with E-state index in [2.05, 4.69) is 19.1 Å². The summed E-state index contributed by atoms with van der Waals surface area (Å²) in [5.41, 5.74) is 0. The molecule has 1 N–H and O–H groups in total. The first kappa shape index (κ1) is 39.7. The average molecular weight is 579 g/mol. The van der Waals surface area contributed by atoms with Crippen molar-refractivity contribution in [1.82, 2.24) is 0 Å². The van der Waals surface area contributed by atoms with Crippen molar-refractivity contribution in [3.8, 4) is 0 Å². The highest BCUT2D eigenvalue weighted by molar-refractivity contribution is 5.78. The minimum Gasteiger partial charge on any atom is -0.481 e. The molecule has 41 heavy (non-hydrogen) atoms. The van der Waals surface area contributed by atoms with E-state index in [-0.39, 0.29) is 12.4 Å². The summed E-state index contributed by atoms with van der Waals surface area (Å²) in [5.74, 6) is -1.86. The number of carbonyl (C=O) groups excluding carboxylic acids is 1. The van der Waals surface area contributed by atoms with Crippen molar-refractivity contribution in [2.24, 2.45) is 5.92 Å². The second kappa shape index (κ2) is 33.2. The van der Waals surface area contributed by atoms with Gasteiger partial charge in [0.1, 0.15) is 0 Å². The highest BCUT2D eigenvalue weighted by Gasteiger charge is 2.21. The average Bonchev–Trinajstić information content (AvgIpc) is 2.96. The van der Waals surface area contributed by atoms with Gasteiger partial charge in [-0.3, -0.25) is 9.59 Å². The summed E-state index contributed by atoms with van der Waals surface area (Å²) < 4.78 is 5.03. The third-order valence-electron chi connectivity index (χ3n) is 8.29. The number of carbonyl (C=O) groups is 2. The predicted molar refractivity (Wildman–Crippen MR) is 176 cm³/mol. The Morgan fingerprint density at radius 2 is 0.902 bits per heavy atom. The topological polar surface area (TPSA) is 63.6 Å². The fraction of sp³-hybridized carbons (Fsp3) is 0.892. The van der Waals surface area contributed by atoms with E-state index in [4.69, 9.17) is 4.74 Å². The van der Waals surface area contributed by atoms with Crippen molar-refractivity contribution >= 4 is 11.9 Å². The molecule has 0 fully saturated rings. The first-order valence-corrected chi connectivity index (χ1v) is 18.1. The van der Waals surface area contributed by atoms with Crippen LogP contribution in [0, 0.1) is 5.92 Å². The molecule has 4 heteroatoms. The van der Waals surface area contributed by atoms with Gasteiger partial charge < -0.3 is 9.84 Å². The Morgan fingerprint density at radius 1 is 0.537 bits per heavy atom. The molecule has 0 aliphatic carbocycles. The van der Waals surface area contributed by atoms with Gasteiger partial charge in [-0.2, -0.15) is 0 Å². The second-order valence-electron chi connectivity index (χ2n) is 12.4. The third kappa shape index (κ3) is 31.4. The van der Waals surface area contributed by atoms with Gasteiger partial charge in [-0.15, -0.1) is 0 Å². The van der Waals surface area contributed by atoms with Crippen molar-refractivity contribution in [3.63, 3.8) is 0 Å². The fourth-order valence-electron chi connectivity index (χ4n) is 5.55. The van der Waals surface area contributed by atoms with Gasteiger partial charge in [0, 0.05) is 0 Å².